The van der Waals surface area contributed by atoms with Crippen molar-refractivity contribution in [2.45, 2.75) is 30.9 Å². The minimum atomic E-state index is -0.205. The number of carbonyl (C=O) groups excluding carboxylic acids is 1. The summed E-state index contributed by atoms with van der Waals surface area (Å²) in [6, 6.07) is 9.29. The summed E-state index contributed by atoms with van der Waals surface area (Å²) in [7, 11) is 1.49. The average molecular weight is 374 g/mol. The second-order valence-electron chi connectivity index (χ2n) is 6.56. The molecule has 4 rings (SSSR count). The molecule has 0 spiro atoms. The maximum absolute atomic E-state index is 11.7. The second-order valence-corrected chi connectivity index (χ2v) is 6.56. The molecule has 2 aromatic rings. The Morgan fingerprint density at radius 1 is 1.26 bits per heavy atom. The molecular formula is C18H22N4O5. The molecule has 0 aliphatic carbocycles. The van der Waals surface area contributed by atoms with E-state index in [4.69, 9.17) is 18.9 Å². The first-order valence-corrected chi connectivity index (χ1v) is 8.84. The second kappa shape index (κ2) is 8.03. The number of aromatic nitrogens is 3. The summed E-state index contributed by atoms with van der Waals surface area (Å²) in [4.78, 5) is 11.7. The van der Waals surface area contributed by atoms with E-state index in [1.54, 1.807) is 4.68 Å². The van der Waals surface area contributed by atoms with Crippen molar-refractivity contribution < 1.29 is 23.7 Å². The predicted molar refractivity (Wildman–Crippen MR) is 93.1 cm³/mol. The number of hydrogen-bond acceptors (Lipinski definition) is 7. The fourth-order valence-corrected chi connectivity index (χ4v) is 3.42. The molecule has 0 radical (unpaired) electrons. The molecule has 4 atom stereocenters. The van der Waals surface area contributed by atoms with Crippen LogP contribution in [-0.2, 0) is 25.6 Å². The fraction of sp³-hybridized carbons (Fsp3) is 0.500. The van der Waals surface area contributed by atoms with Crippen LogP contribution in [0.4, 0.5) is 0 Å². The highest BCUT2D eigenvalue weighted by atomic mass is 16.6. The lowest BCUT2D eigenvalue weighted by Crippen LogP contribution is -2.45. The molecule has 1 aromatic heterocycles. The van der Waals surface area contributed by atoms with Crippen LogP contribution in [0.25, 0.3) is 0 Å². The van der Waals surface area contributed by atoms with Gasteiger partial charge in [0.25, 0.3) is 0 Å². The summed E-state index contributed by atoms with van der Waals surface area (Å²) in [5, 5.41) is 11.3. The highest BCUT2D eigenvalue weighted by Crippen LogP contribution is 2.33. The number of nitrogens with one attached hydrogen (secondary N) is 1. The number of nitrogens with zero attached hydrogens (tertiary/aromatic N) is 3. The summed E-state index contributed by atoms with van der Waals surface area (Å²) in [6.45, 7) is 1.21. The van der Waals surface area contributed by atoms with E-state index in [0.29, 0.717) is 19.8 Å². The summed E-state index contributed by atoms with van der Waals surface area (Å²) in [5.74, 6) is 0.602. The fourth-order valence-electron chi connectivity index (χ4n) is 3.42. The molecule has 1 amide bonds. The Labute approximate surface area is 156 Å². The molecule has 2 saturated heterocycles. The number of methoxy groups -OCH3 is 1. The van der Waals surface area contributed by atoms with Gasteiger partial charge in [-0.25, -0.2) is 4.68 Å². The van der Waals surface area contributed by atoms with Gasteiger partial charge in [0.05, 0.1) is 25.5 Å². The number of rotatable bonds is 7. The molecule has 2 fully saturated rings. The largest absolute Gasteiger partial charge is 0.487 e. The van der Waals surface area contributed by atoms with Crippen molar-refractivity contribution in [1.29, 1.82) is 0 Å². The van der Waals surface area contributed by atoms with Crippen LogP contribution < -0.4 is 10.1 Å². The summed E-state index contributed by atoms with van der Waals surface area (Å²) in [5.41, 5.74) is 0.727. The Morgan fingerprint density at radius 2 is 2.07 bits per heavy atom. The Balaban J connectivity index is 1.35. The van der Waals surface area contributed by atoms with E-state index in [0.717, 1.165) is 11.4 Å². The zero-order valence-electron chi connectivity index (χ0n) is 15.0. The highest BCUT2D eigenvalue weighted by Gasteiger charge is 2.49. The van der Waals surface area contributed by atoms with E-state index in [1.807, 2.05) is 36.5 Å². The predicted octanol–water partition coefficient (Wildman–Crippen LogP) is 0.327. The van der Waals surface area contributed by atoms with Crippen molar-refractivity contribution in [3.8, 4) is 5.75 Å². The first-order chi connectivity index (χ1) is 13.2. The number of hydrogen-bond donors (Lipinski definition) is 1. The van der Waals surface area contributed by atoms with Gasteiger partial charge in [0.2, 0.25) is 5.91 Å². The summed E-state index contributed by atoms with van der Waals surface area (Å²) in [6.07, 6.45) is 1.46. The summed E-state index contributed by atoms with van der Waals surface area (Å²) >= 11 is 0. The molecule has 4 unspecified atom stereocenters. The summed E-state index contributed by atoms with van der Waals surface area (Å²) < 4.78 is 24.1. The lowest BCUT2D eigenvalue weighted by molar-refractivity contribution is -0.126. The molecule has 27 heavy (non-hydrogen) atoms. The third kappa shape index (κ3) is 3.95. The number of ether oxygens (including phenoxy) is 4. The van der Waals surface area contributed by atoms with Crippen molar-refractivity contribution in [3.63, 3.8) is 0 Å². The molecular weight excluding hydrogens is 352 g/mol. The van der Waals surface area contributed by atoms with Crippen molar-refractivity contribution in [3.05, 3.63) is 42.2 Å². The number of benzene rings is 1. The first kappa shape index (κ1) is 17.9. The quantitative estimate of drug-likeness (QED) is 0.746. The van der Waals surface area contributed by atoms with Gasteiger partial charge in [0, 0.05) is 7.11 Å². The molecule has 2 aliphatic rings. The van der Waals surface area contributed by atoms with Gasteiger partial charge in [-0.1, -0.05) is 23.4 Å². The maximum Gasteiger partial charge on any atom is 0.246 e. The van der Waals surface area contributed by atoms with Crippen LogP contribution in [0, 0.1) is 0 Å². The number of fused-ring (bicyclic) bond motifs is 1. The molecule has 0 bridgehead atoms. The Kier molecular flexibility index (Phi) is 5.33. The van der Waals surface area contributed by atoms with Gasteiger partial charge in [-0.2, -0.15) is 0 Å². The van der Waals surface area contributed by atoms with Gasteiger partial charge in [-0.05, 0) is 12.1 Å². The zero-order chi connectivity index (χ0) is 18.6. The smallest absolute Gasteiger partial charge is 0.246 e. The van der Waals surface area contributed by atoms with Gasteiger partial charge < -0.3 is 24.3 Å². The molecule has 1 aromatic carbocycles. The molecule has 9 heteroatoms. The lowest BCUT2D eigenvalue weighted by Gasteiger charge is -2.17. The lowest BCUT2D eigenvalue weighted by atomic mass is 10.1. The van der Waals surface area contributed by atoms with E-state index < -0.39 is 0 Å². The van der Waals surface area contributed by atoms with Crippen LogP contribution in [0.15, 0.2) is 36.5 Å². The number of amides is 1. The van der Waals surface area contributed by atoms with Crippen molar-refractivity contribution >= 4 is 5.91 Å². The van der Waals surface area contributed by atoms with Crippen LogP contribution >= 0.6 is 0 Å². The SMILES string of the molecule is COCC(=O)NC1COC2C1OCC2n1cc(COc2ccccc2)nn1. The van der Waals surface area contributed by atoms with Crippen LogP contribution in [0.1, 0.15) is 11.7 Å². The van der Waals surface area contributed by atoms with Crippen molar-refractivity contribution in [1.82, 2.24) is 20.3 Å². The molecule has 144 valence electrons. The molecule has 0 saturated carbocycles. The van der Waals surface area contributed by atoms with Gasteiger partial charge in [0.1, 0.15) is 42.9 Å². The third-order valence-corrected chi connectivity index (χ3v) is 4.68. The van der Waals surface area contributed by atoms with Gasteiger partial charge >= 0.3 is 0 Å². The normalized spacial score (nSPS) is 26.7. The Morgan fingerprint density at radius 3 is 2.89 bits per heavy atom. The van der Waals surface area contributed by atoms with E-state index in [-0.39, 0.29) is 36.8 Å². The molecule has 9 nitrogen and oxygen atoms in total. The first-order valence-electron chi connectivity index (χ1n) is 8.84. The Hall–Kier alpha value is -2.49. The van der Waals surface area contributed by atoms with Gasteiger partial charge in [-0.15, -0.1) is 5.10 Å². The maximum atomic E-state index is 11.7. The van der Waals surface area contributed by atoms with E-state index >= 15 is 0 Å². The van der Waals surface area contributed by atoms with E-state index in [9.17, 15) is 4.79 Å². The molecule has 3 heterocycles. The monoisotopic (exact) mass is 374 g/mol. The Bertz CT molecular complexity index is 768. The molecule has 1 N–H and O–H groups in total. The minimum Gasteiger partial charge on any atom is -0.487 e. The standard InChI is InChI=1S/C18H22N4O5/c1-24-11-16(23)19-14-9-26-18-15(10-27-17(14)18)22-7-12(20-21-22)8-25-13-5-3-2-4-6-13/h2-7,14-15,17-18H,8-11H2,1H3,(H,19,23). The van der Waals surface area contributed by atoms with Crippen molar-refractivity contribution in [2.24, 2.45) is 0 Å². The minimum absolute atomic E-state index is 0.0190. The van der Waals surface area contributed by atoms with Crippen LogP contribution in [-0.4, -0.2) is 66.1 Å². The topological polar surface area (TPSA) is 96.7 Å². The van der Waals surface area contributed by atoms with Crippen LogP contribution in [0.2, 0.25) is 0 Å². The number of para-hydroxylation sites is 1. The van der Waals surface area contributed by atoms with Gasteiger partial charge in [-0.3, -0.25) is 4.79 Å². The molecule has 2 aliphatic heterocycles. The van der Waals surface area contributed by atoms with Gasteiger partial charge in [0.15, 0.2) is 0 Å². The van der Waals surface area contributed by atoms with Crippen LogP contribution in [0.5, 0.6) is 5.75 Å². The number of carbonyl (C=O) groups is 1. The third-order valence-electron chi connectivity index (χ3n) is 4.68. The highest BCUT2D eigenvalue weighted by molar-refractivity contribution is 5.77. The average Bonchev–Trinajstić information content (AvgIpc) is 3.38. The van der Waals surface area contributed by atoms with E-state index in [1.165, 1.54) is 7.11 Å². The van der Waals surface area contributed by atoms with Crippen molar-refractivity contribution in [2.75, 3.05) is 26.9 Å². The zero-order valence-corrected chi connectivity index (χ0v) is 15.0. The van der Waals surface area contributed by atoms with Crippen LogP contribution in [0.3, 0.4) is 0 Å². The van der Waals surface area contributed by atoms with E-state index in [2.05, 4.69) is 15.6 Å².